The molecular formula is C15H16O2. The quantitative estimate of drug-likeness (QED) is 0.727. The molecule has 0 N–H and O–H groups in total. The average Bonchev–Trinajstić information content (AvgIpc) is 2.67. The van der Waals surface area contributed by atoms with Gasteiger partial charge >= 0.3 is 5.97 Å². The summed E-state index contributed by atoms with van der Waals surface area (Å²) in [6.45, 7) is 7.93. The van der Waals surface area contributed by atoms with E-state index < -0.39 is 5.41 Å². The van der Waals surface area contributed by atoms with Crippen LogP contribution >= 0.6 is 0 Å². The normalized spacial score (nSPS) is 18.2. The first kappa shape index (κ1) is 11.6. The lowest BCUT2D eigenvalue weighted by Crippen LogP contribution is -2.34. The summed E-state index contributed by atoms with van der Waals surface area (Å²) in [7, 11) is 1.43. The van der Waals surface area contributed by atoms with Crippen LogP contribution < -0.4 is 0 Å². The third kappa shape index (κ3) is 1.80. The van der Waals surface area contributed by atoms with Crippen molar-refractivity contribution in [3.05, 3.63) is 60.2 Å². The zero-order valence-electron chi connectivity index (χ0n) is 10.0. The summed E-state index contributed by atoms with van der Waals surface area (Å²) in [6, 6.07) is 9.73. The molecule has 0 radical (unpaired) electrons. The van der Waals surface area contributed by atoms with Crippen molar-refractivity contribution in [3.8, 4) is 0 Å². The summed E-state index contributed by atoms with van der Waals surface area (Å²) < 4.78 is 4.97. The lowest BCUT2D eigenvalue weighted by atomic mass is 9.78. The molecule has 1 aromatic rings. The molecule has 0 atom stereocenters. The molecule has 17 heavy (non-hydrogen) atoms. The highest BCUT2D eigenvalue weighted by Gasteiger charge is 2.46. The predicted molar refractivity (Wildman–Crippen MR) is 67.7 cm³/mol. The van der Waals surface area contributed by atoms with Crippen LogP contribution in [0.2, 0.25) is 0 Å². The Hall–Kier alpha value is -1.83. The Kier molecular flexibility index (Phi) is 2.88. The van der Waals surface area contributed by atoms with Gasteiger partial charge in [-0.25, -0.2) is 0 Å². The minimum Gasteiger partial charge on any atom is -0.468 e. The maximum atomic E-state index is 12.1. The first-order valence-corrected chi connectivity index (χ1v) is 5.60. The van der Waals surface area contributed by atoms with Crippen molar-refractivity contribution in [2.45, 2.75) is 18.3 Å². The van der Waals surface area contributed by atoms with Gasteiger partial charge in [-0.05, 0) is 18.4 Å². The highest BCUT2D eigenvalue weighted by atomic mass is 16.5. The Labute approximate surface area is 102 Å². The number of rotatable bonds is 2. The molecule has 0 unspecified atom stereocenters. The third-order valence-electron chi connectivity index (χ3n) is 3.43. The van der Waals surface area contributed by atoms with Gasteiger partial charge in [0.25, 0.3) is 0 Å². The molecule has 88 valence electrons. The van der Waals surface area contributed by atoms with Crippen LogP contribution in [-0.4, -0.2) is 13.1 Å². The first-order chi connectivity index (χ1) is 8.10. The summed E-state index contributed by atoms with van der Waals surface area (Å²) in [5.74, 6) is -0.205. The second kappa shape index (κ2) is 4.21. The highest BCUT2D eigenvalue weighted by Crippen LogP contribution is 2.46. The van der Waals surface area contributed by atoms with E-state index in [1.54, 1.807) is 0 Å². The molecule has 0 aliphatic heterocycles. The Bertz CT molecular complexity index is 455. The van der Waals surface area contributed by atoms with E-state index in [2.05, 4.69) is 13.2 Å². The number of benzene rings is 1. The predicted octanol–water partition coefficient (Wildman–Crippen LogP) is 3.00. The van der Waals surface area contributed by atoms with Crippen molar-refractivity contribution in [1.82, 2.24) is 0 Å². The lowest BCUT2D eigenvalue weighted by Gasteiger charge is -2.25. The van der Waals surface area contributed by atoms with Gasteiger partial charge in [0, 0.05) is 0 Å². The highest BCUT2D eigenvalue weighted by molar-refractivity contribution is 5.85. The number of ether oxygens (including phenoxy) is 1. The number of methoxy groups -OCH3 is 1. The number of hydrogen-bond donors (Lipinski definition) is 0. The lowest BCUT2D eigenvalue weighted by molar-refractivity contribution is -0.147. The van der Waals surface area contributed by atoms with Gasteiger partial charge in [-0.1, -0.05) is 54.6 Å². The molecule has 2 rings (SSSR count). The van der Waals surface area contributed by atoms with Crippen LogP contribution in [0.5, 0.6) is 0 Å². The van der Waals surface area contributed by atoms with E-state index in [1.165, 1.54) is 7.11 Å². The number of allylic oxidation sites excluding steroid dienone is 2. The SMILES string of the molecule is C=C1CC(C(=O)OC)(c2ccccc2)CC1=C. The van der Waals surface area contributed by atoms with Gasteiger partial charge < -0.3 is 4.74 Å². The summed E-state index contributed by atoms with van der Waals surface area (Å²) in [5.41, 5.74) is 2.25. The third-order valence-corrected chi connectivity index (χ3v) is 3.43. The molecule has 0 amide bonds. The van der Waals surface area contributed by atoms with Gasteiger partial charge in [-0.2, -0.15) is 0 Å². The average molecular weight is 228 g/mol. The molecule has 1 aliphatic rings. The van der Waals surface area contributed by atoms with Gasteiger partial charge in [0.15, 0.2) is 0 Å². The Morgan fingerprint density at radius 1 is 1.18 bits per heavy atom. The summed E-state index contributed by atoms with van der Waals surface area (Å²) in [6.07, 6.45) is 1.20. The van der Waals surface area contributed by atoms with Gasteiger partial charge in [0.1, 0.15) is 5.41 Å². The van der Waals surface area contributed by atoms with Crippen LogP contribution in [0.4, 0.5) is 0 Å². The second-order valence-corrected chi connectivity index (χ2v) is 4.50. The molecule has 0 saturated heterocycles. The van der Waals surface area contributed by atoms with Crippen LogP contribution in [0.25, 0.3) is 0 Å². The summed E-state index contributed by atoms with van der Waals surface area (Å²) in [5, 5.41) is 0. The Morgan fingerprint density at radius 3 is 2.18 bits per heavy atom. The van der Waals surface area contributed by atoms with Gasteiger partial charge in [-0.3, -0.25) is 4.79 Å². The first-order valence-electron chi connectivity index (χ1n) is 5.60. The van der Waals surface area contributed by atoms with Gasteiger partial charge in [0.2, 0.25) is 0 Å². The molecule has 1 aliphatic carbocycles. The van der Waals surface area contributed by atoms with E-state index in [-0.39, 0.29) is 5.97 Å². The van der Waals surface area contributed by atoms with E-state index in [0.717, 1.165) is 16.7 Å². The standard InChI is InChI=1S/C15H16O2/c1-11-9-15(10-12(11)2,14(16)17-3)13-7-5-4-6-8-13/h4-8H,1-2,9-10H2,3H3. The number of carbonyl (C=O) groups is 1. The fraction of sp³-hybridized carbons (Fsp3) is 0.267. The van der Waals surface area contributed by atoms with Crippen molar-refractivity contribution < 1.29 is 9.53 Å². The van der Waals surface area contributed by atoms with E-state index in [4.69, 9.17) is 4.74 Å². The van der Waals surface area contributed by atoms with E-state index >= 15 is 0 Å². The Balaban J connectivity index is 2.50. The molecule has 0 aromatic heterocycles. The number of esters is 1. The Morgan fingerprint density at radius 2 is 1.71 bits per heavy atom. The van der Waals surface area contributed by atoms with Crippen molar-refractivity contribution in [2.75, 3.05) is 7.11 Å². The van der Waals surface area contributed by atoms with Crippen molar-refractivity contribution in [3.63, 3.8) is 0 Å². The zero-order valence-corrected chi connectivity index (χ0v) is 10.0. The fourth-order valence-electron chi connectivity index (χ4n) is 2.46. The van der Waals surface area contributed by atoms with Gasteiger partial charge in [0.05, 0.1) is 7.11 Å². The van der Waals surface area contributed by atoms with Crippen LogP contribution in [0, 0.1) is 0 Å². The number of carbonyl (C=O) groups excluding carboxylic acids is 1. The van der Waals surface area contributed by atoms with E-state index in [9.17, 15) is 4.79 Å². The minimum absolute atomic E-state index is 0.205. The molecule has 0 heterocycles. The summed E-state index contributed by atoms with van der Waals surface area (Å²) in [4.78, 5) is 12.1. The van der Waals surface area contributed by atoms with Gasteiger partial charge in [-0.15, -0.1) is 0 Å². The van der Waals surface area contributed by atoms with Crippen LogP contribution in [-0.2, 0) is 14.9 Å². The molecule has 0 bridgehead atoms. The topological polar surface area (TPSA) is 26.3 Å². The maximum absolute atomic E-state index is 12.1. The van der Waals surface area contributed by atoms with Crippen molar-refractivity contribution in [1.29, 1.82) is 0 Å². The molecule has 2 heteroatoms. The molecule has 1 aromatic carbocycles. The largest absolute Gasteiger partial charge is 0.468 e. The van der Waals surface area contributed by atoms with E-state index in [1.807, 2.05) is 30.3 Å². The van der Waals surface area contributed by atoms with Crippen LogP contribution in [0.1, 0.15) is 18.4 Å². The van der Waals surface area contributed by atoms with E-state index in [0.29, 0.717) is 12.8 Å². The minimum atomic E-state index is -0.621. The van der Waals surface area contributed by atoms with Crippen LogP contribution in [0.3, 0.4) is 0 Å². The fourth-order valence-corrected chi connectivity index (χ4v) is 2.46. The molecule has 2 nitrogen and oxygen atoms in total. The number of hydrogen-bond acceptors (Lipinski definition) is 2. The summed E-state index contributed by atoms with van der Waals surface area (Å²) >= 11 is 0. The monoisotopic (exact) mass is 228 g/mol. The van der Waals surface area contributed by atoms with Crippen molar-refractivity contribution in [2.24, 2.45) is 0 Å². The van der Waals surface area contributed by atoms with Crippen molar-refractivity contribution >= 4 is 5.97 Å². The second-order valence-electron chi connectivity index (χ2n) is 4.50. The zero-order chi connectivity index (χ0) is 12.5. The molecule has 0 spiro atoms. The smallest absolute Gasteiger partial charge is 0.316 e. The molecule has 1 saturated carbocycles. The van der Waals surface area contributed by atoms with Crippen LogP contribution in [0.15, 0.2) is 54.6 Å². The molecular weight excluding hydrogens is 212 g/mol. The maximum Gasteiger partial charge on any atom is 0.316 e. The molecule has 1 fully saturated rings.